The summed E-state index contributed by atoms with van der Waals surface area (Å²) in [6, 6.07) is 11.3. The van der Waals surface area contributed by atoms with E-state index in [-0.39, 0.29) is 11.9 Å². The largest absolute Gasteiger partial charge is 0.391 e. The molecule has 1 heterocycles. The summed E-state index contributed by atoms with van der Waals surface area (Å²) in [7, 11) is 1.60. The summed E-state index contributed by atoms with van der Waals surface area (Å²) >= 11 is 1.38. The number of carbonyl (C=O) groups excluding carboxylic acids is 1. The van der Waals surface area contributed by atoms with E-state index in [2.05, 4.69) is 5.32 Å². The van der Waals surface area contributed by atoms with Gasteiger partial charge in [-0.15, -0.1) is 11.3 Å². The number of nitrogens with one attached hydrogen (secondary N) is 1. The van der Waals surface area contributed by atoms with Crippen molar-refractivity contribution in [3.63, 3.8) is 0 Å². The number of rotatable bonds is 7. The minimum atomic E-state index is -0.628. The third-order valence-corrected chi connectivity index (χ3v) is 4.43. The quantitative estimate of drug-likeness (QED) is 0.825. The number of aliphatic hydroxyl groups excluding tert-OH is 1. The number of hydrogen-bond acceptors (Lipinski definition) is 4. The monoisotopic (exact) mass is 319 g/mol. The first-order chi connectivity index (χ1) is 10.6. The normalized spacial score (nSPS) is 13.6. The zero-order valence-electron chi connectivity index (χ0n) is 12.8. The fourth-order valence-electron chi connectivity index (χ4n) is 2.20. The summed E-state index contributed by atoms with van der Waals surface area (Å²) in [6.07, 6.45) is -0.116. The fraction of sp³-hybridized carbons (Fsp3) is 0.353. The Morgan fingerprint density at radius 2 is 2.05 bits per heavy atom. The van der Waals surface area contributed by atoms with Gasteiger partial charge in [-0.05, 0) is 23.9 Å². The number of methoxy groups -OCH3 is 1. The van der Waals surface area contributed by atoms with Crippen molar-refractivity contribution in [3.8, 4) is 0 Å². The van der Waals surface area contributed by atoms with E-state index in [1.165, 1.54) is 11.3 Å². The summed E-state index contributed by atoms with van der Waals surface area (Å²) in [5, 5.41) is 15.0. The van der Waals surface area contributed by atoms with Crippen molar-refractivity contribution in [2.24, 2.45) is 0 Å². The van der Waals surface area contributed by atoms with E-state index in [1.807, 2.05) is 48.7 Å². The Balaban J connectivity index is 1.94. The van der Waals surface area contributed by atoms with Crippen LogP contribution in [-0.2, 0) is 17.8 Å². The second-order valence-corrected chi connectivity index (χ2v) is 6.14. The van der Waals surface area contributed by atoms with Crippen LogP contribution in [-0.4, -0.2) is 30.3 Å². The summed E-state index contributed by atoms with van der Waals surface area (Å²) < 4.78 is 5.09. The van der Waals surface area contributed by atoms with Gasteiger partial charge in [0.1, 0.15) is 0 Å². The summed E-state index contributed by atoms with van der Waals surface area (Å²) in [4.78, 5) is 12.9. The maximum atomic E-state index is 12.3. The van der Waals surface area contributed by atoms with Crippen LogP contribution < -0.4 is 5.32 Å². The number of thiophene rings is 1. The zero-order chi connectivity index (χ0) is 15.9. The Morgan fingerprint density at radius 3 is 2.73 bits per heavy atom. The first kappa shape index (κ1) is 16.7. The second-order valence-electron chi connectivity index (χ2n) is 5.23. The lowest BCUT2D eigenvalue weighted by molar-refractivity contribution is 0.0852. The molecule has 1 aromatic heterocycles. The van der Waals surface area contributed by atoms with Crippen molar-refractivity contribution in [2.45, 2.75) is 32.1 Å². The van der Waals surface area contributed by atoms with E-state index in [0.29, 0.717) is 17.9 Å². The van der Waals surface area contributed by atoms with Crippen molar-refractivity contribution in [2.75, 3.05) is 7.11 Å². The topological polar surface area (TPSA) is 58.6 Å². The maximum Gasteiger partial charge on any atom is 0.262 e. The number of ether oxygens (including phenoxy) is 1. The molecule has 2 atom stereocenters. The molecule has 2 N–H and O–H groups in total. The van der Waals surface area contributed by atoms with Crippen molar-refractivity contribution < 1.29 is 14.6 Å². The molecular weight excluding hydrogens is 298 g/mol. The van der Waals surface area contributed by atoms with E-state index < -0.39 is 6.10 Å². The molecule has 2 aromatic rings. The molecule has 0 radical (unpaired) electrons. The van der Waals surface area contributed by atoms with Crippen molar-refractivity contribution >= 4 is 17.2 Å². The molecular formula is C17H21NO3S. The number of hydrogen-bond donors (Lipinski definition) is 2. The van der Waals surface area contributed by atoms with Crippen LogP contribution in [0.1, 0.15) is 27.7 Å². The molecule has 1 aromatic carbocycles. The minimum absolute atomic E-state index is 0.165. The van der Waals surface area contributed by atoms with Gasteiger partial charge >= 0.3 is 0 Å². The number of amides is 1. The maximum absolute atomic E-state index is 12.3. The standard InChI is InChI=1S/C17H21NO3S/c1-12(15(19)10-13-6-4-3-5-7-13)18-17(20)16-14(11-21-2)8-9-22-16/h3-9,12,15,19H,10-11H2,1-2H3,(H,18,20). The number of carbonyl (C=O) groups is 1. The molecule has 1 amide bonds. The van der Waals surface area contributed by atoms with Crippen LogP contribution in [0, 0.1) is 0 Å². The van der Waals surface area contributed by atoms with Gasteiger partial charge in [0.05, 0.1) is 23.6 Å². The predicted octanol–water partition coefficient (Wildman–Crippen LogP) is 2.62. The third kappa shape index (κ3) is 4.40. The third-order valence-electron chi connectivity index (χ3n) is 3.48. The van der Waals surface area contributed by atoms with Gasteiger partial charge in [-0.2, -0.15) is 0 Å². The van der Waals surface area contributed by atoms with Crippen LogP contribution in [0.15, 0.2) is 41.8 Å². The number of benzene rings is 1. The highest BCUT2D eigenvalue weighted by molar-refractivity contribution is 7.12. The molecule has 0 aliphatic rings. The molecule has 0 saturated heterocycles. The molecule has 4 nitrogen and oxygen atoms in total. The van der Waals surface area contributed by atoms with Gasteiger partial charge < -0.3 is 15.2 Å². The Morgan fingerprint density at radius 1 is 1.32 bits per heavy atom. The zero-order valence-corrected chi connectivity index (χ0v) is 13.6. The molecule has 118 valence electrons. The average molecular weight is 319 g/mol. The molecule has 0 saturated carbocycles. The van der Waals surface area contributed by atoms with E-state index in [0.717, 1.165) is 11.1 Å². The minimum Gasteiger partial charge on any atom is -0.391 e. The van der Waals surface area contributed by atoms with E-state index in [1.54, 1.807) is 7.11 Å². The van der Waals surface area contributed by atoms with Crippen molar-refractivity contribution in [1.82, 2.24) is 5.32 Å². The van der Waals surface area contributed by atoms with E-state index in [4.69, 9.17) is 4.74 Å². The molecule has 5 heteroatoms. The van der Waals surface area contributed by atoms with Gasteiger partial charge in [0.25, 0.3) is 5.91 Å². The molecule has 2 rings (SSSR count). The van der Waals surface area contributed by atoms with E-state index >= 15 is 0 Å². The molecule has 22 heavy (non-hydrogen) atoms. The number of aliphatic hydroxyl groups is 1. The van der Waals surface area contributed by atoms with Gasteiger partial charge in [0.2, 0.25) is 0 Å². The molecule has 0 aliphatic carbocycles. The fourth-order valence-corrected chi connectivity index (χ4v) is 3.02. The van der Waals surface area contributed by atoms with Crippen LogP contribution in [0.4, 0.5) is 0 Å². The van der Waals surface area contributed by atoms with Crippen molar-refractivity contribution in [1.29, 1.82) is 0 Å². The first-order valence-electron chi connectivity index (χ1n) is 7.20. The van der Waals surface area contributed by atoms with Crippen molar-refractivity contribution in [3.05, 3.63) is 57.8 Å². The van der Waals surface area contributed by atoms with Crippen LogP contribution in [0.2, 0.25) is 0 Å². The van der Waals surface area contributed by atoms with Gasteiger partial charge in [-0.25, -0.2) is 0 Å². The van der Waals surface area contributed by atoms with Gasteiger partial charge in [0.15, 0.2) is 0 Å². The molecule has 0 bridgehead atoms. The molecule has 0 spiro atoms. The SMILES string of the molecule is COCc1ccsc1C(=O)NC(C)C(O)Cc1ccccc1. The van der Waals surface area contributed by atoms with Gasteiger partial charge in [-0.3, -0.25) is 4.79 Å². The summed E-state index contributed by atoms with van der Waals surface area (Å²) in [6.45, 7) is 2.22. The Labute approximate surface area is 134 Å². The second kappa shape index (κ2) is 8.08. The lowest BCUT2D eigenvalue weighted by Crippen LogP contribution is -2.42. The predicted molar refractivity (Wildman–Crippen MR) is 88.1 cm³/mol. The molecule has 0 fully saturated rings. The molecule has 2 unspecified atom stereocenters. The highest BCUT2D eigenvalue weighted by Crippen LogP contribution is 2.18. The smallest absolute Gasteiger partial charge is 0.262 e. The molecule has 0 aliphatic heterocycles. The summed E-state index contributed by atoms with van der Waals surface area (Å²) in [5.74, 6) is -0.165. The summed E-state index contributed by atoms with van der Waals surface area (Å²) in [5.41, 5.74) is 1.92. The van der Waals surface area contributed by atoms with Crippen LogP contribution in [0.25, 0.3) is 0 Å². The Bertz CT molecular complexity index is 597. The highest BCUT2D eigenvalue weighted by Gasteiger charge is 2.20. The van der Waals surface area contributed by atoms with E-state index in [9.17, 15) is 9.90 Å². The van der Waals surface area contributed by atoms with Crippen LogP contribution in [0.3, 0.4) is 0 Å². The van der Waals surface area contributed by atoms with Gasteiger partial charge in [-0.1, -0.05) is 30.3 Å². The van der Waals surface area contributed by atoms with Crippen LogP contribution >= 0.6 is 11.3 Å². The Kier molecular flexibility index (Phi) is 6.12. The highest BCUT2D eigenvalue weighted by atomic mass is 32.1. The van der Waals surface area contributed by atoms with Crippen LogP contribution in [0.5, 0.6) is 0 Å². The average Bonchev–Trinajstić information content (AvgIpc) is 2.97. The lowest BCUT2D eigenvalue weighted by Gasteiger charge is -2.20. The first-order valence-corrected chi connectivity index (χ1v) is 8.08. The van der Waals surface area contributed by atoms with Gasteiger partial charge in [0, 0.05) is 19.1 Å². The lowest BCUT2D eigenvalue weighted by atomic mass is 10.0. The Hall–Kier alpha value is -1.69.